The van der Waals surface area contributed by atoms with Crippen molar-refractivity contribution in [1.82, 2.24) is 25.9 Å². The molecule has 2 aromatic carbocycles. The number of nitrogens with zero attached hydrogens (tertiary/aromatic N) is 2. The summed E-state index contributed by atoms with van der Waals surface area (Å²) in [6.07, 6.45) is 4.38. The van der Waals surface area contributed by atoms with Crippen LogP contribution in [-0.4, -0.2) is 40.9 Å². The molecule has 0 spiro atoms. The summed E-state index contributed by atoms with van der Waals surface area (Å²) in [5.41, 5.74) is 7.51. The minimum absolute atomic E-state index is 0.0176. The van der Waals surface area contributed by atoms with E-state index >= 15 is 0 Å². The van der Waals surface area contributed by atoms with Gasteiger partial charge in [0.15, 0.2) is 11.5 Å². The van der Waals surface area contributed by atoms with Gasteiger partial charge in [-0.25, -0.2) is 18.7 Å². The van der Waals surface area contributed by atoms with Crippen molar-refractivity contribution in [2.75, 3.05) is 18.8 Å². The first-order valence-electron chi connectivity index (χ1n) is 11.4. The summed E-state index contributed by atoms with van der Waals surface area (Å²) in [5.74, 6) is -2.24. The Morgan fingerprint density at radius 3 is 2.69 bits per heavy atom. The summed E-state index contributed by atoms with van der Waals surface area (Å²) in [5, 5.41) is 8.89. The van der Waals surface area contributed by atoms with E-state index in [4.69, 9.17) is 5.73 Å². The maximum absolute atomic E-state index is 13.4. The van der Waals surface area contributed by atoms with E-state index in [1.807, 2.05) is 0 Å². The highest BCUT2D eigenvalue weighted by Crippen LogP contribution is 2.20. The molecule has 0 radical (unpaired) electrons. The molecule has 8 nitrogen and oxygen atoms in total. The molecule has 1 aliphatic heterocycles. The molecule has 5 N–H and O–H groups in total. The second-order valence-corrected chi connectivity index (χ2v) is 8.40. The molecule has 1 aromatic heterocycles. The molecule has 4 rings (SSSR count). The number of nitrogen functional groups attached to an aromatic ring is 1. The molecule has 2 amide bonds. The van der Waals surface area contributed by atoms with Gasteiger partial charge in [-0.2, -0.15) is 0 Å². The number of hydrogen-bond donors (Lipinski definition) is 4. The third-order valence-corrected chi connectivity index (χ3v) is 5.69. The van der Waals surface area contributed by atoms with Gasteiger partial charge in [0.1, 0.15) is 11.6 Å². The molecule has 35 heavy (non-hydrogen) atoms. The third-order valence-electron chi connectivity index (χ3n) is 5.69. The van der Waals surface area contributed by atoms with E-state index in [0.717, 1.165) is 44.0 Å². The Labute approximate surface area is 201 Å². The molecule has 1 atom stereocenters. The van der Waals surface area contributed by atoms with Crippen LogP contribution in [0.3, 0.4) is 0 Å². The fourth-order valence-electron chi connectivity index (χ4n) is 3.92. The molecule has 3 aromatic rings. The standard InChI is InChI=1S/C25H26F2N6O2/c26-18-8-15(9-19(27)11-18)12-31-24(34)17-5-3-4-16(10-17)21-14-30-23(28)22(33-21)25(35)32-20-6-1-2-7-29-13-20/h3-5,8-11,14,20,29H,1-2,6-7,12-13H2,(H2,28,30)(H,31,34)(H,32,35). The Balaban J connectivity index is 1.48. The Bertz CT molecular complexity index is 1210. The van der Waals surface area contributed by atoms with Crippen LogP contribution in [0.1, 0.15) is 45.7 Å². The first-order chi connectivity index (χ1) is 16.9. The molecular weight excluding hydrogens is 454 g/mol. The van der Waals surface area contributed by atoms with Crippen LogP contribution in [0.2, 0.25) is 0 Å². The summed E-state index contributed by atoms with van der Waals surface area (Å²) >= 11 is 0. The van der Waals surface area contributed by atoms with Gasteiger partial charge < -0.3 is 21.7 Å². The Morgan fingerprint density at radius 1 is 1.09 bits per heavy atom. The summed E-state index contributed by atoms with van der Waals surface area (Å²) in [7, 11) is 0. The van der Waals surface area contributed by atoms with E-state index < -0.39 is 23.4 Å². The molecule has 0 saturated carbocycles. The van der Waals surface area contributed by atoms with Crippen LogP contribution in [0.4, 0.5) is 14.6 Å². The minimum atomic E-state index is -0.715. The van der Waals surface area contributed by atoms with Crippen LogP contribution in [0.5, 0.6) is 0 Å². The number of benzene rings is 2. The predicted octanol–water partition coefficient (Wildman–Crippen LogP) is 2.81. The van der Waals surface area contributed by atoms with Crippen LogP contribution in [-0.2, 0) is 6.54 Å². The van der Waals surface area contributed by atoms with E-state index in [2.05, 4.69) is 25.9 Å². The molecule has 1 aliphatic rings. The van der Waals surface area contributed by atoms with Crippen LogP contribution >= 0.6 is 0 Å². The molecule has 0 aliphatic carbocycles. The maximum atomic E-state index is 13.4. The number of carbonyl (C=O) groups is 2. The summed E-state index contributed by atoms with van der Waals surface area (Å²) in [6.45, 7) is 1.56. The van der Waals surface area contributed by atoms with Gasteiger partial charge in [-0.1, -0.05) is 18.6 Å². The molecule has 1 saturated heterocycles. The van der Waals surface area contributed by atoms with Crippen molar-refractivity contribution >= 4 is 17.6 Å². The number of anilines is 1. The van der Waals surface area contributed by atoms with Crippen molar-refractivity contribution in [3.8, 4) is 11.3 Å². The zero-order valence-corrected chi connectivity index (χ0v) is 19.0. The van der Waals surface area contributed by atoms with Gasteiger partial charge in [-0.05, 0) is 49.2 Å². The first kappa shape index (κ1) is 24.2. The van der Waals surface area contributed by atoms with Gasteiger partial charge in [-0.3, -0.25) is 9.59 Å². The lowest BCUT2D eigenvalue weighted by Gasteiger charge is -2.16. The zero-order chi connectivity index (χ0) is 24.8. The highest BCUT2D eigenvalue weighted by atomic mass is 19.1. The number of nitrogens with two attached hydrogens (primary N) is 1. The second kappa shape index (κ2) is 11.0. The number of nitrogens with one attached hydrogen (secondary N) is 3. The largest absolute Gasteiger partial charge is 0.382 e. The average Bonchev–Trinajstić information content (AvgIpc) is 3.11. The number of amides is 2. The van der Waals surface area contributed by atoms with E-state index in [0.29, 0.717) is 28.9 Å². The Morgan fingerprint density at radius 2 is 1.89 bits per heavy atom. The summed E-state index contributed by atoms with van der Waals surface area (Å²) < 4.78 is 26.8. The van der Waals surface area contributed by atoms with Gasteiger partial charge >= 0.3 is 0 Å². The average molecular weight is 481 g/mol. The lowest BCUT2D eigenvalue weighted by Crippen LogP contribution is -2.41. The van der Waals surface area contributed by atoms with Crippen molar-refractivity contribution in [1.29, 1.82) is 0 Å². The van der Waals surface area contributed by atoms with Crippen molar-refractivity contribution in [3.63, 3.8) is 0 Å². The normalized spacial score (nSPS) is 15.8. The van der Waals surface area contributed by atoms with Crippen molar-refractivity contribution < 1.29 is 18.4 Å². The molecule has 10 heteroatoms. The monoisotopic (exact) mass is 480 g/mol. The van der Waals surface area contributed by atoms with Crippen LogP contribution in [0.15, 0.2) is 48.7 Å². The van der Waals surface area contributed by atoms with Crippen LogP contribution in [0.25, 0.3) is 11.3 Å². The van der Waals surface area contributed by atoms with E-state index in [9.17, 15) is 18.4 Å². The molecular formula is C25H26F2N6O2. The number of hydrogen-bond acceptors (Lipinski definition) is 6. The lowest BCUT2D eigenvalue weighted by molar-refractivity contribution is 0.0928. The van der Waals surface area contributed by atoms with Crippen molar-refractivity contribution in [3.05, 3.63) is 77.1 Å². The fourth-order valence-corrected chi connectivity index (χ4v) is 3.92. The topological polar surface area (TPSA) is 122 Å². The smallest absolute Gasteiger partial charge is 0.274 e. The second-order valence-electron chi connectivity index (χ2n) is 8.40. The van der Waals surface area contributed by atoms with Crippen molar-refractivity contribution in [2.45, 2.75) is 31.8 Å². The zero-order valence-electron chi connectivity index (χ0n) is 19.0. The maximum Gasteiger partial charge on any atom is 0.274 e. The van der Waals surface area contributed by atoms with Gasteiger partial charge in [0.05, 0.1) is 11.9 Å². The highest BCUT2D eigenvalue weighted by molar-refractivity contribution is 5.97. The molecule has 2 heterocycles. The Hall–Kier alpha value is -3.92. The molecule has 1 fully saturated rings. The van der Waals surface area contributed by atoms with Gasteiger partial charge in [0, 0.05) is 36.3 Å². The number of carbonyl (C=O) groups excluding carboxylic acids is 2. The highest BCUT2D eigenvalue weighted by Gasteiger charge is 2.20. The quantitative estimate of drug-likeness (QED) is 0.431. The Kier molecular flexibility index (Phi) is 7.61. The minimum Gasteiger partial charge on any atom is -0.382 e. The first-order valence-corrected chi connectivity index (χ1v) is 11.4. The van der Waals surface area contributed by atoms with Gasteiger partial charge in [-0.15, -0.1) is 0 Å². The van der Waals surface area contributed by atoms with E-state index in [1.165, 1.54) is 6.20 Å². The van der Waals surface area contributed by atoms with Crippen molar-refractivity contribution in [2.24, 2.45) is 0 Å². The molecule has 182 valence electrons. The van der Waals surface area contributed by atoms with E-state index in [-0.39, 0.29) is 24.1 Å². The predicted molar refractivity (Wildman–Crippen MR) is 127 cm³/mol. The third kappa shape index (κ3) is 6.36. The van der Waals surface area contributed by atoms with Crippen LogP contribution in [0, 0.1) is 11.6 Å². The van der Waals surface area contributed by atoms with Gasteiger partial charge in [0.25, 0.3) is 11.8 Å². The summed E-state index contributed by atoms with van der Waals surface area (Å²) in [6, 6.07) is 9.65. The fraction of sp³-hybridized carbons (Fsp3) is 0.280. The molecule has 1 unspecified atom stereocenters. The summed E-state index contributed by atoms with van der Waals surface area (Å²) in [4.78, 5) is 34.0. The lowest BCUT2D eigenvalue weighted by atomic mass is 10.1. The SMILES string of the molecule is Nc1ncc(-c2cccc(C(=O)NCc3cc(F)cc(F)c3)c2)nc1C(=O)NC1CCCCNC1. The van der Waals surface area contributed by atoms with Gasteiger partial charge in [0.2, 0.25) is 0 Å². The van der Waals surface area contributed by atoms with E-state index in [1.54, 1.807) is 24.3 Å². The number of halogens is 2. The van der Waals surface area contributed by atoms with Crippen LogP contribution < -0.4 is 21.7 Å². The molecule has 0 bridgehead atoms. The number of rotatable bonds is 6. The number of aromatic nitrogens is 2.